The monoisotopic (exact) mass is 260 g/mol. The van der Waals surface area contributed by atoms with E-state index in [2.05, 4.69) is 9.97 Å². The first kappa shape index (κ1) is 11.0. The number of fused-ring (bicyclic) bond motifs is 1. The lowest BCUT2D eigenvalue weighted by atomic mass is 10.3. The van der Waals surface area contributed by atoms with Crippen LogP contribution < -0.4 is 5.56 Å². The minimum Gasteiger partial charge on any atom is -0.332 e. The van der Waals surface area contributed by atoms with Crippen molar-refractivity contribution in [2.45, 2.75) is 0 Å². The van der Waals surface area contributed by atoms with E-state index >= 15 is 0 Å². The van der Waals surface area contributed by atoms with E-state index in [1.807, 2.05) is 11.6 Å². The van der Waals surface area contributed by atoms with Gasteiger partial charge in [-0.05, 0) is 18.2 Å². The van der Waals surface area contributed by atoms with E-state index < -0.39 is 0 Å². The number of hydrogen-bond acceptors (Lipinski definition) is 3. The Hall–Kier alpha value is -2.14. The lowest BCUT2D eigenvalue weighted by Gasteiger charge is -2.06. The molecule has 0 aliphatic rings. The molecule has 6 heteroatoms. The van der Waals surface area contributed by atoms with Gasteiger partial charge in [-0.1, -0.05) is 11.6 Å². The average molecular weight is 261 g/mol. The quantitative estimate of drug-likeness (QED) is 0.627. The number of halogens is 1. The molecule has 0 aliphatic carbocycles. The van der Waals surface area contributed by atoms with Crippen LogP contribution in [0.25, 0.3) is 16.9 Å². The minimum absolute atomic E-state index is 0.148. The number of rotatable bonds is 1. The molecular formula is C12H9ClN4O. The van der Waals surface area contributed by atoms with Crippen LogP contribution in [0.2, 0.25) is 5.15 Å². The van der Waals surface area contributed by atoms with Crippen LogP contribution in [0.4, 0.5) is 0 Å². The van der Waals surface area contributed by atoms with Gasteiger partial charge in [0.15, 0.2) is 5.65 Å². The lowest BCUT2D eigenvalue weighted by Crippen LogP contribution is -2.17. The van der Waals surface area contributed by atoms with Gasteiger partial charge in [0, 0.05) is 13.1 Å². The van der Waals surface area contributed by atoms with E-state index in [0.29, 0.717) is 16.5 Å². The summed E-state index contributed by atoms with van der Waals surface area (Å²) in [6.07, 6.45) is 3.22. The second-order valence-electron chi connectivity index (χ2n) is 3.91. The molecule has 0 aromatic carbocycles. The van der Waals surface area contributed by atoms with Crippen molar-refractivity contribution in [1.29, 1.82) is 0 Å². The summed E-state index contributed by atoms with van der Waals surface area (Å²) in [5, 5.41) is 0.389. The highest BCUT2D eigenvalue weighted by molar-refractivity contribution is 6.29. The van der Waals surface area contributed by atoms with Crippen LogP contribution in [0.1, 0.15) is 0 Å². The van der Waals surface area contributed by atoms with Crippen molar-refractivity contribution >= 4 is 22.8 Å². The first-order chi connectivity index (χ1) is 8.66. The van der Waals surface area contributed by atoms with E-state index in [0.717, 1.165) is 5.52 Å². The van der Waals surface area contributed by atoms with Gasteiger partial charge in [-0.25, -0.2) is 9.97 Å². The van der Waals surface area contributed by atoms with Gasteiger partial charge < -0.3 is 4.57 Å². The Morgan fingerprint density at radius 1 is 1.17 bits per heavy atom. The summed E-state index contributed by atoms with van der Waals surface area (Å²) >= 11 is 5.74. The Morgan fingerprint density at radius 2 is 2.00 bits per heavy atom. The van der Waals surface area contributed by atoms with Gasteiger partial charge >= 0.3 is 0 Å². The molecule has 0 aliphatic heterocycles. The predicted octanol–water partition coefficient (Wildman–Crippen LogP) is 1.77. The minimum atomic E-state index is -0.148. The van der Waals surface area contributed by atoms with Crippen LogP contribution in [0, 0.1) is 0 Å². The van der Waals surface area contributed by atoms with Crippen molar-refractivity contribution in [1.82, 2.24) is 19.1 Å². The van der Waals surface area contributed by atoms with E-state index in [1.165, 1.54) is 10.6 Å². The molecule has 0 saturated carbocycles. The molecule has 0 spiro atoms. The fraction of sp³-hybridized carbons (Fsp3) is 0.0833. The van der Waals surface area contributed by atoms with Crippen molar-refractivity contribution in [3.8, 4) is 5.69 Å². The smallest absolute Gasteiger partial charge is 0.256 e. The van der Waals surface area contributed by atoms with Gasteiger partial charge in [-0.15, -0.1) is 0 Å². The topological polar surface area (TPSA) is 52.7 Å². The molecule has 0 bridgehead atoms. The normalized spacial score (nSPS) is 11.0. The molecule has 18 heavy (non-hydrogen) atoms. The molecule has 90 valence electrons. The number of hydrogen-bond donors (Lipinski definition) is 0. The van der Waals surface area contributed by atoms with Crippen molar-refractivity contribution in [3.05, 3.63) is 52.3 Å². The highest BCUT2D eigenvalue weighted by Gasteiger charge is 2.09. The maximum Gasteiger partial charge on any atom is 0.256 e. The fourth-order valence-electron chi connectivity index (χ4n) is 1.87. The highest BCUT2D eigenvalue weighted by atomic mass is 35.5. The molecule has 0 amide bonds. The van der Waals surface area contributed by atoms with Crippen molar-refractivity contribution in [2.24, 2.45) is 7.05 Å². The largest absolute Gasteiger partial charge is 0.332 e. The van der Waals surface area contributed by atoms with Crippen LogP contribution in [0.15, 0.2) is 41.6 Å². The van der Waals surface area contributed by atoms with Gasteiger partial charge in [0.2, 0.25) is 0 Å². The van der Waals surface area contributed by atoms with E-state index in [1.54, 1.807) is 30.7 Å². The first-order valence-electron chi connectivity index (χ1n) is 5.32. The summed E-state index contributed by atoms with van der Waals surface area (Å²) < 4.78 is 3.37. The highest BCUT2D eigenvalue weighted by Crippen LogP contribution is 2.14. The number of imidazole rings is 1. The Bertz CT molecular complexity index is 773. The summed E-state index contributed by atoms with van der Waals surface area (Å²) in [6.45, 7) is 0. The number of pyridine rings is 2. The zero-order valence-electron chi connectivity index (χ0n) is 9.54. The van der Waals surface area contributed by atoms with Crippen LogP contribution in [-0.2, 0) is 7.05 Å². The Labute approximate surface area is 107 Å². The van der Waals surface area contributed by atoms with Crippen molar-refractivity contribution < 1.29 is 0 Å². The average Bonchev–Trinajstić information content (AvgIpc) is 2.73. The maximum absolute atomic E-state index is 12.0. The summed E-state index contributed by atoms with van der Waals surface area (Å²) in [5.74, 6) is 0. The van der Waals surface area contributed by atoms with Gasteiger partial charge in [0.25, 0.3) is 5.56 Å². The van der Waals surface area contributed by atoms with Crippen molar-refractivity contribution in [2.75, 3.05) is 0 Å². The maximum atomic E-state index is 12.0. The molecule has 3 heterocycles. The fourth-order valence-corrected chi connectivity index (χ4v) is 1.98. The summed E-state index contributed by atoms with van der Waals surface area (Å²) in [5.41, 5.74) is 1.98. The molecule has 3 rings (SSSR count). The second kappa shape index (κ2) is 3.96. The van der Waals surface area contributed by atoms with Crippen LogP contribution >= 0.6 is 11.6 Å². The number of nitrogens with zero attached hydrogens (tertiary/aromatic N) is 4. The molecule has 0 saturated heterocycles. The Balaban J connectivity index is 2.37. The molecule has 0 radical (unpaired) electrons. The molecule has 0 unspecified atom stereocenters. The summed E-state index contributed by atoms with van der Waals surface area (Å²) in [6, 6.07) is 6.65. The molecule has 3 aromatic heterocycles. The third kappa shape index (κ3) is 1.60. The van der Waals surface area contributed by atoms with Gasteiger partial charge in [-0.2, -0.15) is 0 Å². The molecular weight excluding hydrogens is 252 g/mol. The number of aryl methyl sites for hydroxylation is 1. The standard InChI is InChI=1S/C12H9ClN4O/c1-16-7-15-12-9(16)3-5-11(18)17(12)8-2-4-10(13)14-6-8/h2-7H,1H3. The first-order valence-corrected chi connectivity index (χ1v) is 5.69. The van der Waals surface area contributed by atoms with Gasteiger partial charge in [0.1, 0.15) is 5.15 Å². The Kier molecular flexibility index (Phi) is 2.41. The van der Waals surface area contributed by atoms with E-state index in [-0.39, 0.29) is 5.56 Å². The molecule has 3 aromatic rings. The molecule has 0 atom stereocenters. The SMILES string of the molecule is Cn1cnc2c1ccc(=O)n2-c1ccc(Cl)nc1. The molecule has 0 fully saturated rings. The van der Waals surface area contributed by atoms with Crippen LogP contribution in [0.5, 0.6) is 0 Å². The summed E-state index contributed by atoms with van der Waals surface area (Å²) in [7, 11) is 1.88. The third-order valence-corrected chi connectivity index (χ3v) is 2.97. The van der Waals surface area contributed by atoms with Crippen LogP contribution in [-0.4, -0.2) is 19.1 Å². The van der Waals surface area contributed by atoms with E-state index in [4.69, 9.17) is 11.6 Å². The summed E-state index contributed by atoms with van der Waals surface area (Å²) in [4.78, 5) is 20.2. The zero-order chi connectivity index (χ0) is 12.7. The number of aromatic nitrogens is 4. The lowest BCUT2D eigenvalue weighted by molar-refractivity contribution is 0.947. The molecule has 0 N–H and O–H groups in total. The van der Waals surface area contributed by atoms with Gasteiger partial charge in [0.05, 0.1) is 23.7 Å². The van der Waals surface area contributed by atoms with E-state index in [9.17, 15) is 4.79 Å². The van der Waals surface area contributed by atoms with Crippen molar-refractivity contribution in [3.63, 3.8) is 0 Å². The predicted molar refractivity (Wildman–Crippen MR) is 69.1 cm³/mol. The zero-order valence-corrected chi connectivity index (χ0v) is 10.3. The molecule has 5 nitrogen and oxygen atoms in total. The third-order valence-electron chi connectivity index (χ3n) is 2.75. The van der Waals surface area contributed by atoms with Gasteiger partial charge in [-0.3, -0.25) is 9.36 Å². The Morgan fingerprint density at radius 3 is 2.72 bits per heavy atom. The second-order valence-corrected chi connectivity index (χ2v) is 4.30. The van der Waals surface area contributed by atoms with Crippen LogP contribution in [0.3, 0.4) is 0 Å².